The molecule has 1 aromatic carbocycles. The summed E-state index contributed by atoms with van der Waals surface area (Å²) in [6.07, 6.45) is 4.34. The Labute approximate surface area is 166 Å². The highest BCUT2D eigenvalue weighted by Gasteiger charge is 2.39. The number of nitrogens with two attached hydrogens (primary N) is 1. The fraction of sp³-hybridized carbons (Fsp3) is 0.556. The summed E-state index contributed by atoms with van der Waals surface area (Å²) < 4.78 is 32.5. The van der Waals surface area contributed by atoms with E-state index in [4.69, 9.17) is 10.3 Å². The van der Waals surface area contributed by atoms with Gasteiger partial charge in [-0.3, -0.25) is 0 Å². The molecule has 1 aliphatic carbocycles. The van der Waals surface area contributed by atoms with E-state index >= 15 is 0 Å². The molecule has 0 amide bonds. The molecule has 1 fully saturated rings. The largest absolute Gasteiger partial charge is 0.334 e. The van der Waals surface area contributed by atoms with Gasteiger partial charge in [0.1, 0.15) is 0 Å². The van der Waals surface area contributed by atoms with Crippen molar-refractivity contribution in [3.8, 4) is 11.5 Å². The lowest BCUT2D eigenvalue weighted by Gasteiger charge is -2.34. The van der Waals surface area contributed by atoms with Gasteiger partial charge in [-0.1, -0.05) is 19.0 Å². The molecular formula is C18H27ClN4O3S. The van der Waals surface area contributed by atoms with Crippen molar-refractivity contribution in [2.75, 3.05) is 13.1 Å². The van der Waals surface area contributed by atoms with Gasteiger partial charge in [-0.25, -0.2) is 8.42 Å². The molecule has 0 unspecified atom stereocenters. The van der Waals surface area contributed by atoms with E-state index in [0.29, 0.717) is 30.4 Å². The lowest BCUT2D eigenvalue weighted by Crippen LogP contribution is -2.44. The van der Waals surface area contributed by atoms with Crippen molar-refractivity contribution in [1.82, 2.24) is 14.4 Å². The Morgan fingerprint density at radius 3 is 2.22 bits per heavy atom. The zero-order chi connectivity index (χ0) is 18.8. The van der Waals surface area contributed by atoms with Gasteiger partial charge in [0.05, 0.1) is 10.4 Å². The first-order chi connectivity index (χ1) is 12.4. The van der Waals surface area contributed by atoms with Gasteiger partial charge in [-0.2, -0.15) is 9.29 Å². The van der Waals surface area contributed by atoms with Gasteiger partial charge in [0.25, 0.3) is 5.89 Å². The first-order valence-electron chi connectivity index (χ1n) is 9.14. The number of rotatable bonds is 8. The minimum atomic E-state index is -3.49. The highest BCUT2D eigenvalue weighted by Crippen LogP contribution is 2.37. The van der Waals surface area contributed by atoms with Gasteiger partial charge in [0, 0.05) is 18.7 Å². The second-order valence-corrected chi connectivity index (χ2v) is 8.80. The highest BCUT2D eigenvalue weighted by atomic mass is 35.5. The summed E-state index contributed by atoms with van der Waals surface area (Å²) in [5, 5.41) is 4.00. The average Bonchev–Trinajstić information content (AvgIpc) is 3.10. The molecular weight excluding hydrogens is 388 g/mol. The van der Waals surface area contributed by atoms with Gasteiger partial charge in [0.2, 0.25) is 10.0 Å². The molecule has 0 radical (unpaired) electrons. The minimum absolute atomic E-state index is 0. The Bertz CT molecular complexity index is 842. The normalized spacial score (nSPS) is 16.0. The number of hydrogen-bond donors (Lipinski definition) is 1. The molecule has 2 aromatic rings. The van der Waals surface area contributed by atoms with Crippen molar-refractivity contribution in [3.05, 3.63) is 30.1 Å². The van der Waals surface area contributed by atoms with Crippen LogP contribution in [0, 0.1) is 0 Å². The zero-order valence-corrected chi connectivity index (χ0v) is 17.4. The maximum absolute atomic E-state index is 12.8. The summed E-state index contributed by atoms with van der Waals surface area (Å²) in [4.78, 5) is 4.67. The Morgan fingerprint density at radius 1 is 1.15 bits per heavy atom. The van der Waals surface area contributed by atoms with Gasteiger partial charge in [-0.05, 0) is 56.4 Å². The predicted molar refractivity (Wildman–Crippen MR) is 106 cm³/mol. The SMILES string of the molecule is CCCN(CCC)S(=O)(=O)c1ccc(-c2nc(C3(N)CCC3)no2)cc1.Cl. The zero-order valence-electron chi connectivity index (χ0n) is 15.7. The lowest BCUT2D eigenvalue weighted by atomic mass is 9.77. The molecule has 1 aliphatic rings. The molecule has 1 saturated carbocycles. The number of aromatic nitrogens is 2. The van der Waals surface area contributed by atoms with Gasteiger partial charge < -0.3 is 10.3 Å². The highest BCUT2D eigenvalue weighted by molar-refractivity contribution is 7.89. The van der Waals surface area contributed by atoms with E-state index in [1.807, 2.05) is 13.8 Å². The topological polar surface area (TPSA) is 102 Å². The van der Waals surface area contributed by atoms with Crippen molar-refractivity contribution >= 4 is 22.4 Å². The van der Waals surface area contributed by atoms with Crippen LogP contribution in [0.3, 0.4) is 0 Å². The molecule has 9 heteroatoms. The fourth-order valence-corrected chi connectivity index (χ4v) is 4.72. The molecule has 0 bridgehead atoms. The Hall–Kier alpha value is -1.48. The van der Waals surface area contributed by atoms with E-state index < -0.39 is 15.6 Å². The van der Waals surface area contributed by atoms with Crippen LogP contribution in [-0.2, 0) is 15.6 Å². The molecule has 3 rings (SSSR count). The van der Waals surface area contributed by atoms with Crippen molar-refractivity contribution in [1.29, 1.82) is 0 Å². The van der Waals surface area contributed by atoms with Gasteiger partial charge >= 0.3 is 0 Å². The summed E-state index contributed by atoms with van der Waals surface area (Å²) in [6, 6.07) is 6.58. The first kappa shape index (κ1) is 21.8. The monoisotopic (exact) mass is 414 g/mol. The third kappa shape index (κ3) is 4.34. The number of benzene rings is 1. The van der Waals surface area contributed by atoms with Gasteiger partial charge in [0.15, 0.2) is 5.82 Å². The average molecular weight is 415 g/mol. The van der Waals surface area contributed by atoms with Crippen molar-refractivity contribution in [3.63, 3.8) is 0 Å². The van der Waals surface area contributed by atoms with Crippen molar-refractivity contribution < 1.29 is 12.9 Å². The first-order valence-corrected chi connectivity index (χ1v) is 10.6. The number of sulfonamides is 1. The molecule has 0 saturated heterocycles. The maximum atomic E-state index is 12.8. The number of nitrogens with zero attached hydrogens (tertiary/aromatic N) is 3. The molecule has 1 heterocycles. The standard InChI is InChI=1S/C18H26N4O3S.ClH/c1-3-12-22(13-4-2)26(23,24)15-8-6-14(7-9-15)16-20-17(21-25-16)18(19)10-5-11-18;/h6-9H,3-5,10-13,19H2,1-2H3;1H. The second kappa shape index (κ2) is 8.68. The second-order valence-electron chi connectivity index (χ2n) is 6.86. The third-order valence-corrected chi connectivity index (χ3v) is 6.72. The fourth-order valence-electron chi connectivity index (χ4n) is 3.09. The smallest absolute Gasteiger partial charge is 0.257 e. The van der Waals surface area contributed by atoms with Crippen molar-refractivity contribution in [2.45, 2.75) is 56.4 Å². The van der Waals surface area contributed by atoms with Crippen LogP contribution in [0.15, 0.2) is 33.7 Å². The summed E-state index contributed by atoms with van der Waals surface area (Å²) >= 11 is 0. The van der Waals surface area contributed by atoms with E-state index in [2.05, 4.69) is 10.1 Å². The molecule has 27 heavy (non-hydrogen) atoms. The molecule has 7 nitrogen and oxygen atoms in total. The van der Waals surface area contributed by atoms with E-state index in [9.17, 15) is 8.42 Å². The van der Waals surface area contributed by atoms with Gasteiger partial charge in [-0.15, -0.1) is 12.4 Å². The molecule has 1 aromatic heterocycles. The minimum Gasteiger partial charge on any atom is -0.334 e. The van der Waals surface area contributed by atoms with E-state index in [1.165, 1.54) is 4.31 Å². The summed E-state index contributed by atoms with van der Waals surface area (Å²) in [5.74, 6) is 0.882. The maximum Gasteiger partial charge on any atom is 0.257 e. The summed E-state index contributed by atoms with van der Waals surface area (Å²) in [7, 11) is -3.49. The quantitative estimate of drug-likeness (QED) is 0.710. The van der Waals surface area contributed by atoms with Crippen LogP contribution in [0.5, 0.6) is 0 Å². The Balaban J connectivity index is 0.00000261. The number of halogens is 1. The third-order valence-electron chi connectivity index (χ3n) is 4.80. The lowest BCUT2D eigenvalue weighted by molar-refractivity contribution is 0.229. The Morgan fingerprint density at radius 2 is 1.74 bits per heavy atom. The van der Waals surface area contributed by atoms with Crippen LogP contribution < -0.4 is 5.73 Å². The van der Waals surface area contributed by atoms with Crippen LogP contribution in [0.4, 0.5) is 0 Å². The molecule has 150 valence electrons. The van der Waals surface area contributed by atoms with Crippen LogP contribution in [0.25, 0.3) is 11.5 Å². The Kier molecular flexibility index (Phi) is 7.02. The van der Waals surface area contributed by atoms with Crippen LogP contribution >= 0.6 is 12.4 Å². The van der Waals surface area contributed by atoms with Crippen molar-refractivity contribution in [2.24, 2.45) is 5.73 Å². The molecule has 2 N–H and O–H groups in total. The molecule has 0 atom stereocenters. The van der Waals surface area contributed by atoms with E-state index in [-0.39, 0.29) is 17.3 Å². The predicted octanol–water partition coefficient (Wildman–Crippen LogP) is 3.31. The van der Waals surface area contributed by atoms with E-state index in [1.54, 1.807) is 24.3 Å². The van der Waals surface area contributed by atoms with Crippen LogP contribution in [0.1, 0.15) is 51.8 Å². The molecule has 0 aliphatic heterocycles. The number of hydrogen-bond acceptors (Lipinski definition) is 6. The molecule has 0 spiro atoms. The van der Waals surface area contributed by atoms with Crippen LogP contribution in [-0.4, -0.2) is 36.0 Å². The van der Waals surface area contributed by atoms with E-state index in [0.717, 1.165) is 32.1 Å². The summed E-state index contributed by atoms with van der Waals surface area (Å²) in [5.41, 5.74) is 6.42. The van der Waals surface area contributed by atoms with Crippen LogP contribution in [0.2, 0.25) is 0 Å². The summed E-state index contributed by atoms with van der Waals surface area (Å²) in [6.45, 7) is 4.98.